The molecule has 4 saturated heterocycles. The van der Waals surface area contributed by atoms with E-state index in [0.29, 0.717) is 47.2 Å². The molecule has 0 saturated carbocycles. The first-order valence-electron chi connectivity index (χ1n) is 24.0. The second kappa shape index (κ2) is 30.1. The van der Waals surface area contributed by atoms with Crippen molar-refractivity contribution >= 4 is 35.1 Å². The zero-order valence-corrected chi connectivity index (χ0v) is 42.2. The molecule has 0 aromatic heterocycles. The van der Waals surface area contributed by atoms with Gasteiger partial charge in [0.05, 0.1) is 26.4 Å². The molecular formula is C52H70Cl2N2O17. The van der Waals surface area contributed by atoms with Crippen LogP contribution in [0.15, 0.2) is 84.9 Å². The molecule has 4 fully saturated rings. The van der Waals surface area contributed by atoms with Crippen molar-refractivity contribution in [3.8, 4) is 11.5 Å². The highest BCUT2D eigenvalue weighted by atomic mass is 35.5. The van der Waals surface area contributed by atoms with Crippen LogP contribution in [0.1, 0.15) is 85.1 Å². The Morgan fingerprint density at radius 2 is 0.918 bits per heavy atom. The molecule has 0 unspecified atom stereocenters. The van der Waals surface area contributed by atoms with E-state index < -0.39 is 86.2 Å². The van der Waals surface area contributed by atoms with Crippen LogP contribution in [-0.4, -0.2) is 169 Å². The number of ether oxygens (including phenoxy) is 4. The first kappa shape index (κ1) is 61.0. The van der Waals surface area contributed by atoms with Gasteiger partial charge in [-0.05, 0) is 135 Å². The summed E-state index contributed by atoms with van der Waals surface area (Å²) in [4.78, 5) is 20.3. The third-order valence-corrected chi connectivity index (χ3v) is 13.3. The molecule has 4 aromatic rings. The van der Waals surface area contributed by atoms with Gasteiger partial charge in [0, 0.05) is 10.0 Å². The molecule has 8 rings (SSSR count). The molecule has 21 heteroatoms. The number of nitrogens with one attached hydrogen (secondary N) is 2. The Morgan fingerprint density at radius 3 is 1.19 bits per heavy atom. The van der Waals surface area contributed by atoms with Crippen LogP contribution in [-0.2, 0) is 31.9 Å². The fourth-order valence-electron chi connectivity index (χ4n) is 8.54. The van der Waals surface area contributed by atoms with Crippen molar-refractivity contribution in [2.75, 3.05) is 39.5 Å². The van der Waals surface area contributed by atoms with Crippen molar-refractivity contribution in [2.24, 2.45) is 0 Å². The van der Waals surface area contributed by atoms with Gasteiger partial charge >= 0.3 is 11.9 Å². The van der Waals surface area contributed by atoms with Gasteiger partial charge in [0.2, 0.25) is 0 Å². The first-order valence-corrected chi connectivity index (χ1v) is 24.8. The molecule has 404 valence electrons. The van der Waals surface area contributed by atoms with Gasteiger partial charge in [0.15, 0.2) is 0 Å². The van der Waals surface area contributed by atoms with E-state index in [0.717, 1.165) is 72.5 Å². The number of carbonyl (C=O) groups is 2. The molecule has 4 aliphatic rings. The molecule has 12 atom stereocenters. The second-order valence-corrected chi connectivity index (χ2v) is 18.5. The Morgan fingerprint density at radius 1 is 0.562 bits per heavy atom. The monoisotopic (exact) mass is 1060 g/mol. The van der Waals surface area contributed by atoms with E-state index in [-0.39, 0.29) is 17.6 Å². The maximum Gasteiger partial charge on any atom is 0.320 e. The van der Waals surface area contributed by atoms with Crippen LogP contribution < -0.4 is 20.1 Å². The summed E-state index contributed by atoms with van der Waals surface area (Å²) >= 11 is 12.7. The van der Waals surface area contributed by atoms with Crippen molar-refractivity contribution in [3.05, 3.63) is 128 Å². The number of halogens is 2. The molecule has 14 N–H and O–H groups in total. The maximum absolute atomic E-state index is 10.3. The number of hydrogen-bond donors (Lipinski definition) is 12. The molecule has 19 nitrogen and oxygen atoms in total. The van der Waals surface area contributed by atoms with E-state index in [2.05, 4.69) is 10.6 Å². The quantitative estimate of drug-likeness (QED) is 0.0863. The molecule has 0 aliphatic carbocycles. The van der Waals surface area contributed by atoms with Crippen LogP contribution >= 0.6 is 23.2 Å². The van der Waals surface area contributed by atoms with Gasteiger partial charge in [0.1, 0.15) is 84.6 Å². The highest BCUT2D eigenvalue weighted by molar-refractivity contribution is 6.31. The average molecular weight is 1070 g/mol. The molecule has 0 radical (unpaired) electrons. The van der Waals surface area contributed by atoms with Crippen molar-refractivity contribution in [3.63, 3.8) is 0 Å². The highest BCUT2D eigenvalue weighted by Gasteiger charge is 2.45. The third-order valence-electron chi connectivity index (χ3n) is 12.6. The summed E-state index contributed by atoms with van der Waals surface area (Å²) in [7, 11) is 0. The number of aliphatic hydroxyl groups is 8. The highest BCUT2D eigenvalue weighted by Crippen LogP contribution is 2.36. The number of aliphatic hydroxyl groups excluding tert-OH is 8. The number of rotatable bonds is 14. The van der Waals surface area contributed by atoms with E-state index in [1.807, 2.05) is 74.5 Å². The summed E-state index contributed by atoms with van der Waals surface area (Å²) in [5.74, 6) is 0.157. The summed E-state index contributed by atoms with van der Waals surface area (Å²) in [6.45, 7) is 5.85. The largest absolute Gasteiger partial charge is 0.494 e. The van der Waals surface area contributed by atoms with Crippen LogP contribution in [0.5, 0.6) is 11.5 Å². The molecule has 4 aromatic carbocycles. The summed E-state index contributed by atoms with van der Waals surface area (Å²) < 4.78 is 22.2. The van der Waals surface area contributed by atoms with Gasteiger partial charge in [-0.1, -0.05) is 71.7 Å². The van der Waals surface area contributed by atoms with Crippen molar-refractivity contribution in [1.29, 1.82) is 0 Å². The van der Waals surface area contributed by atoms with Gasteiger partial charge in [-0.15, -0.1) is 0 Å². The predicted molar refractivity (Wildman–Crippen MR) is 270 cm³/mol. The van der Waals surface area contributed by atoms with Crippen molar-refractivity contribution in [1.82, 2.24) is 10.6 Å². The zero-order valence-electron chi connectivity index (χ0n) is 40.7. The average Bonchev–Trinajstić information content (AvgIpc) is 4.14. The van der Waals surface area contributed by atoms with Gasteiger partial charge in [-0.2, -0.15) is 0 Å². The number of carboxylic acid groups (broad SMARTS) is 2. The normalized spacial score (nSPS) is 27.3. The second-order valence-electron chi connectivity index (χ2n) is 17.7. The number of hydrogen-bond acceptors (Lipinski definition) is 16. The van der Waals surface area contributed by atoms with Crippen LogP contribution in [0.3, 0.4) is 0 Å². The summed E-state index contributed by atoms with van der Waals surface area (Å²) in [6, 6.07) is 25.3. The lowest BCUT2D eigenvalue weighted by atomic mass is 9.90. The lowest BCUT2D eigenvalue weighted by Gasteiger charge is -2.40. The standard InChI is InChI=1S/2C21H25ClO6.2C5H9NO2.H2O/c2*1-2-27-15-6-3-12(4-7-15)9-14-10-13(5-8-16(14)22)21-20(26)19(25)18(24)17(11-23)28-21;2*7-5(8)4-2-1-3-6-4;/h2*3-8,10,17-21,23-26H,2,9,11H2,1H3;2*4,6H,1-3H2,(H,7,8);1H2/t2*17-,18-,19+,20-,21+;2*4-;/m1100./s1. The van der Waals surface area contributed by atoms with Crippen LogP contribution in [0.4, 0.5) is 0 Å². The van der Waals surface area contributed by atoms with E-state index in [9.17, 15) is 50.4 Å². The lowest BCUT2D eigenvalue weighted by molar-refractivity contribution is -0.231. The first-order chi connectivity index (χ1) is 34.5. The maximum atomic E-state index is 10.3. The summed E-state index contributed by atoms with van der Waals surface area (Å²) in [5.41, 5.74) is 4.97. The zero-order chi connectivity index (χ0) is 52.5. The fraction of sp³-hybridized carbons (Fsp3) is 0.500. The minimum Gasteiger partial charge on any atom is -0.494 e. The summed E-state index contributed by atoms with van der Waals surface area (Å²) in [5, 5.41) is 103. The molecule has 0 spiro atoms. The minimum atomic E-state index is -1.42. The Kier molecular flexibility index (Phi) is 25.2. The van der Waals surface area contributed by atoms with Gasteiger partial charge in [0.25, 0.3) is 0 Å². The predicted octanol–water partition coefficient (Wildman–Crippen LogP) is 2.51. The third kappa shape index (κ3) is 17.3. The molecule has 0 bridgehead atoms. The topological polar surface area (TPSA) is 329 Å². The Bertz CT molecular complexity index is 2120. The number of carboxylic acids is 2. The number of benzene rings is 4. The van der Waals surface area contributed by atoms with Gasteiger partial charge in [-0.3, -0.25) is 9.59 Å². The van der Waals surface area contributed by atoms with Crippen molar-refractivity contribution < 1.29 is 85.1 Å². The smallest absolute Gasteiger partial charge is 0.320 e. The molecule has 4 aliphatic heterocycles. The van der Waals surface area contributed by atoms with Crippen molar-refractivity contribution in [2.45, 2.75) is 125 Å². The molecule has 0 amide bonds. The molecule has 4 heterocycles. The Balaban J connectivity index is 0.000000240. The van der Waals surface area contributed by atoms with Gasteiger partial charge < -0.3 is 86.1 Å². The Hall–Kier alpha value is -4.52. The van der Waals surface area contributed by atoms with Gasteiger partial charge in [-0.25, -0.2) is 0 Å². The van der Waals surface area contributed by atoms with Crippen LogP contribution in [0.2, 0.25) is 10.0 Å². The van der Waals surface area contributed by atoms with E-state index >= 15 is 0 Å². The Labute approximate surface area is 434 Å². The van der Waals surface area contributed by atoms with E-state index in [1.54, 1.807) is 24.3 Å². The fourth-order valence-corrected chi connectivity index (χ4v) is 8.91. The van der Waals surface area contributed by atoms with E-state index in [1.165, 1.54) is 0 Å². The summed E-state index contributed by atoms with van der Waals surface area (Å²) in [6.07, 6.45) is -7.21. The lowest BCUT2D eigenvalue weighted by Crippen LogP contribution is -2.55. The van der Waals surface area contributed by atoms with E-state index in [4.69, 9.17) is 52.4 Å². The molecule has 73 heavy (non-hydrogen) atoms. The number of aliphatic carboxylic acids is 2. The molecular weight excluding hydrogens is 995 g/mol. The minimum absolute atomic E-state index is 0. The SMILES string of the molecule is CCOc1ccc(Cc2cc([C@@H]3O[C@H](CO)[C@@H](O)[C@H](O)[C@H]3O)ccc2Cl)cc1.CCOc1ccc(Cc2cc([C@@H]3O[C@H](CO)[C@@H](O)[C@H](O)[C@H]3O)ccc2Cl)cc1.O.O=C(O)[C@@H]1CCCN1.O=C(O)[C@@H]1CCCN1. The van der Waals surface area contributed by atoms with Crippen LogP contribution in [0, 0.1) is 0 Å². The van der Waals surface area contributed by atoms with Crippen LogP contribution in [0.25, 0.3) is 0 Å².